The molecule has 0 saturated carbocycles. The van der Waals surface area contributed by atoms with Gasteiger partial charge in [0.1, 0.15) is 0 Å². The summed E-state index contributed by atoms with van der Waals surface area (Å²) in [6, 6.07) is 17.8. The number of carbonyl (C=O) groups excluding carboxylic acids is 3. The molecular weight excluding hydrogens is 446 g/mol. The SMILES string of the molecule is CC1CCCC(C)N1C(=O)COC(=O)CSc1ccc2c3c(cccc13)C(=O)c1ccccc1-2. The molecule has 2 aliphatic rings. The van der Waals surface area contributed by atoms with Crippen LogP contribution in [-0.4, -0.2) is 47.0 Å². The van der Waals surface area contributed by atoms with E-state index in [0.29, 0.717) is 11.1 Å². The number of hydrogen-bond acceptors (Lipinski definition) is 5. The smallest absolute Gasteiger partial charge is 0.316 e. The average molecular weight is 474 g/mol. The molecule has 1 saturated heterocycles. The summed E-state index contributed by atoms with van der Waals surface area (Å²) >= 11 is 1.37. The van der Waals surface area contributed by atoms with Crippen LogP contribution in [0.15, 0.2) is 59.5 Å². The Morgan fingerprint density at radius 3 is 2.38 bits per heavy atom. The molecular formula is C28H27NO4S. The van der Waals surface area contributed by atoms with Gasteiger partial charge in [0, 0.05) is 33.5 Å². The third kappa shape index (κ3) is 4.00. The molecule has 1 aliphatic heterocycles. The average Bonchev–Trinajstić information content (AvgIpc) is 2.84. The van der Waals surface area contributed by atoms with Crippen molar-refractivity contribution in [2.24, 2.45) is 0 Å². The van der Waals surface area contributed by atoms with Gasteiger partial charge in [-0.3, -0.25) is 14.4 Å². The molecule has 1 fully saturated rings. The number of benzene rings is 3. The van der Waals surface area contributed by atoms with Crippen molar-refractivity contribution in [2.45, 2.75) is 50.1 Å². The number of ether oxygens (including phenoxy) is 1. The minimum Gasteiger partial charge on any atom is -0.455 e. The highest BCUT2D eigenvalue weighted by atomic mass is 32.2. The van der Waals surface area contributed by atoms with Crippen molar-refractivity contribution >= 4 is 40.2 Å². The van der Waals surface area contributed by atoms with E-state index >= 15 is 0 Å². The molecule has 0 N–H and O–H groups in total. The molecule has 0 aromatic heterocycles. The fourth-order valence-corrected chi connectivity index (χ4v) is 6.14. The van der Waals surface area contributed by atoms with Gasteiger partial charge in [0.15, 0.2) is 12.4 Å². The van der Waals surface area contributed by atoms with Crippen LogP contribution in [0.2, 0.25) is 0 Å². The lowest BCUT2D eigenvalue weighted by molar-refractivity contribution is -0.153. The van der Waals surface area contributed by atoms with E-state index in [0.717, 1.165) is 46.1 Å². The maximum Gasteiger partial charge on any atom is 0.316 e. The first-order chi connectivity index (χ1) is 16.5. The number of likely N-dealkylation sites (tertiary alicyclic amines) is 1. The summed E-state index contributed by atoms with van der Waals surface area (Å²) in [7, 11) is 0. The standard InChI is InChI=1S/C28H27NO4S/c1-17-7-5-8-18(2)29(17)25(30)15-33-26(31)16-34-24-14-13-20-19-9-3-4-10-21(19)28(32)23-12-6-11-22(24)27(20)23/h3-4,6,9-14,17-18H,5,7-8,15-16H2,1-2H3. The lowest BCUT2D eigenvalue weighted by atomic mass is 9.83. The maximum absolute atomic E-state index is 13.1. The second-order valence-electron chi connectivity index (χ2n) is 9.09. The molecule has 0 spiro atoms. The van der Waals surface area contributed by atoms with E-state index in [4.69, 9.17) is 4.74 Å². The van der Waals surface area contributed by atoms with E-state index in [1.54, 1.807) is 0 Å². The Labute approximate surface area is 203 Å². The Morgan fingerprint density at radius 1 is 0.912 bits per heavy atom. The van der Waals surface area contributed by atoms with Gasteiger partial charge in [-0.25, -0.2) is 0 Å². The van der Waals surface area contributed by atoms with E-state index in [1.807, 2.05) is 73.3 Å². The predicted molar refractivity (Wildman–Crippen MR) is 134 cm³/mol. The zero-order chi connectivity index (χ0) is 23.8. The molecule has 1 heterocycles. The van der Waals surface area contributed by atoms with E-state index in [2.05, 4.69) is 0 Å². The first kappa shape index (κ1) is 22.7. The Kier molecular flexibility index (Phi) is 6.17. The molecule has 2 atom stereocenters. The Bertz CT molecular complexity index is 1290. The summed E-state index contributed by atoms with van der Waals surface area (Å²) in [5, 5.41) is 1.87. The van der Waals surface area contributed by atoms with Gasteiger partial charge in [-0.15, -0.1) is 11.8 Å². The Balaban J connectivity index is 1.30. The molecule has 1 aliphatic carbocycles. The maximum atomic E-state index is 13.1. The van der Waals surface area contributed by atoms with Crippen molar-refractivity contribution in [3.63, 3.8) is 0 Å². The van der Waals surface area contributed by atoms with Gasteiger partial charge in [-0.05, 0) is 55.7 Å². The number of hydrogen-bond donors (Lipinski definition) is 0. The van der Waals surface area contributed by atoms with Gasteiger partial charge in [-0.1, -0.05) is 48.5 Å². The quantitative estimate of drug-likeness (QED) is 0.284. The third-order valence-corrected chi connectivity index (χ3v) is 7.94. The summed E-state index contributed by atoms with van der Waals surface area (Å²) in [4.78, 5) is 40.9. The second kappa shape index (κ2) is 9.26. The monoisotopic (exact) mass is 473 g/mol. The lowest BCUT2D eigenvalue weighted by Gasteiger charge is -2.38. The number of ketones is 1. The molecule has 174 valence electrons. The van der Waals surface area contributed by atoms with E-state index in [-0.39, 0.29) is 36.1 Å². The summed E-state index contributed by atoms with van der Waals surface area (Å²) in [5.41, 5.74) is 3.37. The number of nitrogens with zero attached hydrogens (tertiary/aromatic N) is 1. The van der Waals surface area contributed by atoms with Gasteiger partial charge < -0.3 is 9.64 Å². The molecule has 34 heavy (non-hydrogen) atoms. The summed E-state index contributed by atoms with van der Waals surface area (Å²) in [6.07, 6.45) is 3.09. The minimum atomic E-state index is -0.419. The van der Waals surface area contributed by atoms with Crippen molar-refractivity contribution in [3.8, 4) is 11.1 Å². The number of piperidine rings is 1. The number of thioether (sulfide) groups is 1. The number of amides is 1. The first-order valence-corrected chi connectivity index (χ1v) is 12.7. The fourth-order valence-electron chi connectivity index (χ4n) is 5.29. The van der Waals surface area contributed by atoms with Crippen molar-refractivity contribution in [1.29, 1.82) is 0 Å². The van der Waals surface area contributed by atoms with Gasteiger partial charge in [0.2, 0.25) is 0 Å². The van der Waals surface area contributed by atoms with Gasteiger partial charge in [0.25, 0.3) is 5.91 Å². The predicted octanol–water partition coefficient (Wildman–Crippen LogP) is 5.48. The van der Waals surface area contributed by atoms with E-state index in [9.17, 15) is 14.4 Å². The van der Waals surface area contributed by atoms with Crippen LogP contribution in [0, 0.1) is 0 Å². The van der Waals surface area contributed by atoms with E-state index in [1.165, 1.54) is 11.8 Å². The van der Waals surface area contributed by atoms with Gasteiger partial charge >= 0.3 is 5.97 Å². The van der Waals surface area contributed by atoms with Gasteiger partial charge in [0.05, 0.1) is 5.75 Å². The molecule has 3 aromatic rings. The molecule has 6 heteroatoms. The van der Waals surface area contributed by atoms with Crippen LogP contribution in [0.3, 0.4) is 0 Å². The zero-order valence-electron chi connectivity index (χ0n) is 19.4. The normalized spacial score (nSPS) is 19.1. The largest absolute Gasteiger partial charge is 0.455 e. The highest BCUT2D eigenvalue weighted by Crippen LogP contribution is 2.42. The topological polar surface area (TPSA) is 63.7 Å². The first-order valence-electron chi connectivity index (χ1n) is 11.7. The van der Waals surface area contributed by atoms with Crippen molar-refractivity contribution in [2.75, 3.05) is 12.4 Å². The van der Waals surface area contributed by atoms with Crippen LogP contribution in [0.25, 0.3) is 21.9 Å². The van der Waals surface area contributed by atoms with Crippen molar-refractivity contribution in [3.05, 3.63) is 65.7 Å². The molecule has 2 unspecified atom stereocenters. The van der Waals surface area contributed by atoms with Gasteiger partial charge in [-0.2, -0.15) is 0 Å². The van der Waals surface area contributed by atoms with Crippen molar-refractivity contribution < 1.29 is 19.1 Å². The highest BCUT2D eigenvalue weighted by molar-refractivity contribution is 8.00. The molecule has 1 amide bonds. The summed E-state index contributed by atoms with van der Waals surface area (Å²) in [5.74, 6) is -0.425. The summed E-state index contributed by atoms with van der Waals surface area (Å²) in [6.45, 7) is 3.88. The minimum absolute atomic E-state index is 0.0231. The van der Waals surface area contributed by atoms with Crippen LogP contribution in [0.1, 0.15) is 49.0 Å². The van der Waals surface area contributed by atoms with Crippen LogP contribution < -0.4 is 0 Å². The highest BCUT2D eigenvalue weighted by Gasteiger charge is 2.29. The Hall–Kier alpha value is -3.12. The van der Waals surface area contributed by atoms with Crippen molar-refractivity contribution in [1.82, 2.24) is 4.90 Å². The number of fused-ring (bicyclic) bond motifs is 2. The summed E-state index contributed by atoms with van der Waals surface area (Å²) < 4.78 is 5.33. The molecule has 3 aromatic carbocycles. The third-order valence-electron chi connectivity index (χ3n) is 6.89. The molecule has 5 nitrogen and oxygen atoms in total. The van der Waals surface area contributed by atoms with Crippen LogP contribution >= 0.6 is 11.8 Å². The number of esters is 1. The fraction of sp³-hybridized carbons (Fsp3) is 0.321. The number of carbonyl (C=O) groups is 3. The lowest BCUT2D eigenvalue weighted by Crippen LogP contribution is -2.49. The Morgan fingerprint density at radius 2 is 1.62 bits per heavy atom. The zero-order valence-corrected chi connectivity index (χ0v) is 20.2. The number of rotatable bonds is 5. The van der Waals surface area contributed by atoms with Crippen LogP contribution in [0.5, 0.6) is 0 Å². The molecule has 0 bridgehead atoms. The van der Waals surface area contributed by atoms with Crippen LogP contribution in [-0.2, 0) is 14.3 Å². The second-order valence-corrected chi connectivity index (χ2v) is 10.1. The van der Waals surface area contributed by atoms with Crippen LogP contribution in [0.4, 0.5) is 0 Å². The molecule has 5 rings (SSSR count). The van der Waals surface area contributed by atoms with E-state index < -0.39 is 5.97 Å². The molecule has 0 radical (unpaired) electrons.